The van der Waals surface area contributed by atoms with Gasteiger partial charge in [0.1, 0.15) is 11.3 Å². The average molecular weight is 481 g/mol. The fraction of sp³-hybridized carbons (Fsp3) is 0.318. The fourth-order valence-electron chi connectivity index (χ4n) is 3.07. The normalized spacial score (nSPS) is 13.2. The molecule has 0 aliphatic rings. The number of hydrogen-bond acceptors (Lipinski definition) is 5. The molecule has 1 aromatic heterocycles. The Bertz CT molecular complexity index is 1190. The Morgan fingerprint density at radius 1 is 1.24 bits per heavy atom. The van der Waals surface area contributed by atoms with Crippen LogP contribution < -0.4 is 14.8 Å². The second kappa shape index (κ2) is 9.58. The molecule has 0 bridgehead atoms. The number of amides is 1. The molecule has 33 heavy (non-hydrogen) atoms. The molecule has 1 unspecified atom stereocenters. The minimum atomic E-state index is -4.84. The van der Waals surface area contributed by atoms with Crippen LogP contribution in [0.2, 0.25) is 5.02 Å². The van der Waals surface area contributed by atoms with E-state index in [1.165, 1.54) is 23.7 Å². The number of nitriles is 1. The topological polar surface area (TPSA) is 89.2 Å². The van der Waals surface area contributed by atoms with Crippen molar-refractivity contribution in [3.8, 4) is 17.7 Å². The van der Waals surface area contributed by atoms with E-state index >= 15 is 0 Å². The molecular formula is C22H20ClF3N4O3. The van der Waals surface area contributed by atoms with Crippen LogP contribution in [-0.2, 0) is 6.54 Å². The second-order valence-corrected chi connectivity index (χ2v) is 7.88. The van der Waals surface area contributed by atoms with E-state index in [9.17, 15) is 23.2 Å². The molecule has 3 aromatic rings. The van der Waals surface area contributed by atoms with E-state index in [1.807, 2.05) is 6.92 Å². The van der Waals surface area contributed by atoms with E-state index in [-0.39, 0.29) is 12.1 Å². The van der Waals surface area contributed by atoms with Crippen LogP contribution in [0.5, 0.6) is 11.6 Å². The van der Waals surface area contributed by atoms with Crippen molar-refractivity contribution >= 4 is 28.4 Å². The molecule has 0 fully saturated rings. The number of halogens is 4. The maximum absolute atomic E-state index is 12.7. The number of carbonyl (C=O) groups excluding carboxylic acids is 1. The summed E-state index contributed by atoms with van der Waals surface area (Å²) in [7, 11) is 0. The third-order valence-corrected chi connectivity index (χ3v) is 4.78. The van der Waals surface area contributed by atoms with Gasteiger partial charge in [-0.1, -0.05) is 18.5 Å². The van der Waals surface area contributed by atoms with E-state index in [1.54, 1.807) is 18.2 Å². The summed E-state index contributed by atoms with van der Waals surface area (Å²) in [5.74, 6) is -0.664. The molecule has 11 heteroatoms. The third kappa shape index (κ3) is 6.08. The van der Waals surface area contributed by atoms with Crippen molar-refractivity contribution in [3.05, 3.63) is 53.1 Å². The Morgan fingerprint density at radius 2 is 1.94 bits per heavy atom. The first-order valence-corrected chi connectivity index (χ1v) is 10.3. The van der Waals surface area contributed by atoms with Gasteiger partial charge in [-0.25, -0.2) is 4.68 Å². The second-order valence-electron chi connectivity index (χ2n) is 7.44. The summed E-state index contributed by atoms with van der Waals surface area (Å²) in [5.41, 5.74) is -0.777. The molecule has 0 saturated carbocycles. The number of fused-ring (bicyclic) bond motifs is 1. The molecule has 0 aliphatic heterocycles. The summed E-state index contributed by atoms with van der Waals surface area (Å²) in [6.45, 7) is 3.83. The minimum absolute atomic E-state index is 0.0458. The highest BCUT2D eigenvalue weighted by atomic mass is 35.5. The number of nitrogens with one attached hydrogen (secondary N) is 1. The Morgan fingerprint density at radius 3 is 2.55 bits per heavy atom. The van der Waals surface area contributed by atoms with Crippen molar-refractivity contribution in [1.29, 1.82) is 5.26 Å². The number of alkyl halides is 3. The van der Waals surface area contributed by atoms with Crippen molar-refractivity contribution < 1.29 is 27.4 Å². The first-order chi connectivity index (χ1) is 15.5. The van der Waals surface area contributed by atoms with Crippen LogP contribution in [0.1, 0.15) is 30.6 Å². The number of rotatable bonds is 8. The summed E-state index contributed by atoms with van der Waals surface area (Å²) in [5, 5.41) is 18.1. The number of benzene rings is 2. The summed E-state index contributed by atoms with van der Waals surface area (Å²) in [6.07, 6.45) is -4.08. The Hall–Kier alpha value is -3.45. The number of aromatic nitrogens is 2. The van der Waals surface area contributed by atoms with Crippen molar-refractivity contribution in [3.63, 3.8) is 0 Å². The van der Waals surface area contributed by atoms with Gasteiger partial charge in [0.15, 0.2) is 0 Å². The number of carbonyl (C=O) groups is 1. The molecule has 174 valence electrons. The molecule has 1 heterocycles. The molecule has 0 saturated heterocycles. The standard InChI is InChI=1S/C22H20ClF3N4O3/c1-3-10-32-20-17-9-6-15(23)11-18(17)29-30(20)13-21(2,12-27)28-19(31)14-4-7-16(8-5-14)33-22(24,25)26/h4-9,11H,3,10,13H2,1-2H3,(H,28,31). The monoisotopic (exact) mass is 480 g/mol. The molecule has 1 atom stereocenters. The predicted molar refractivity (Wildman–Crippen MR) is 115 cm³/mol. The molecule has 2 aromatic carbocycles. The highest BCUT2D eigenvalue weighted by Crippen LogP contribution is 2.29. The van der Waals surface area contributed by atoms with Crippen molar-refractivity contribution in [1.82, 2.24) is 15.1 Å². The van der Waals surface area contributed by atoms with Gasteiger partial charge < -0.3 is 14.8 Å². The Labute approximate surface area is 192 Å². The maximum Gasteiger partial charge on any atom is 0.573 e. The molecular weight excluding hydrogens is 461 g/mol. The Balaban J connectivity index is 1.82. The first kappa shape index (κ1) is 24.2. The van der Waals surface area contributed by atoms with Crippen LogP contribution >= 0.6 is 11.6 Å². The average Bonchev–Trinajstić information content (AvgIpc) is 3.06. The minimum Gasteiger partial charge on any atom is -0.477 e. The summed E-state index contributed by atoms with van der Waals surface area (Å²) >= 11 is 6.06. The van der Waals surface area contributed by atoms with Crippen molar-refractivity contribution in [2.24, 2.45) is 0 Å². The van der Waals surface area contributed by atoms with Gasteiger partial charge in [-0.3, -0.25) is 4.79 Å². The lowest BCUT2D eigenvalue weighted by Crippen LogP contribution is -2.48. The van der Waals surface area contributed by atoms with Crippen LogP contribution in [0, 0.1) is 11.3 Å². The van der Waals surface area contributed by atoms with Crippen LogP contribution in [-0.4, -0.2) is 34.2 Å². The van der Waals surface area contributed by atoms with Gasteiger partial charge in [0, 0.05) is 10.6 Å². The van der Waals surface area contributed by atoms with Gasteiger partial charge >= 0.3 is 6.36 Å². The number of hydrogen-bond donors (Lipinski definition) is 1. The molecule has 3 rings (SSSR count). The van der Waals surface area contributed by atoms with Crippen molar-refractivity contribution in [2.75, 3.05) is 6.61 Å². The fourth-order valence-corrected chi connectivity index (χ4v) is 3.24. The highest BCUT2D eigenvalue weighted by molar-refractivity contribution is 6.31. The third-order valence-electron chi connectivity index (χ3n) is 4.55. The van der Waals surface area contributed by atoms with Gasteiger partial charge in [0.05, 0.1) is 30.1 Å². The lowest BCUT2D eigenvalue weighted by Gasteiger charge is -2.24. The van der Waals surface area contributed by atoms with Gasteiger partial charge in [-0.2, -0.15) is 10.4 Å². The largest absolute Gasteiger partial charge is 0.573 e. The molecule has 0 radical (unpaired) electrons. The zero-order chi connectivity index (χ0) is 24.2. The Kier molecular flexibility index (Phi) is 7.03. The summed E-state index contributed by atoms with van der Waals surface area (Å²) < 4.78 is 48.1. The van der Waals surface area contributed by atoms with E-state index in [0.29, 0.717) is 28.4 Å². The van der Waals surface area contributed by atoms with E-state index in [4.69, 9.17) is 16.3 Å². The first-order valence-electron chi connectivity index (χ1n) is 9.92. The zero-order valence-corrected chi connectivity index (χ0v) is 18.5. The SMILES string of the molecule is CCCOc1c2ccc(Cl)cc2nn1CC(C)(C#N)NC(=O)c1ccc(OC(F)(F)F)cc1. The molecule has 0 aliphatic carbocycles. The van der Waals surface area contributed by atoms with Crippen LogP contribution in [0.4, 0.5) is 13.2 Å². The highest BCUT2D eigenvalue weighted by Gasteiger charge is 2.32. The van der Waals surface area contributed by atoms with E-state index in [2.05, 4.69) is 21.2 Å². The van der Waals surface area contributed by atoms with Crippen molar-refractivity contribution in [2.45, 2.75) is 38.7 Å². The predicted octanol–water partition coefficient (Wildman–Crippen LogP) is 5.09. The lowest BCUT2D eigenvalue weighted by molar-refractivity contribution is -0.274. The lowest BCUT2D eigenvalue weighted by atomic mass is 10.0. The zero-order valence-electron chi connectivity index (χ0n) is 17.7. The molecule has 7 nitrogen and oxygen atoms in total. The number of nitrogens with zero attached hydrogens (tertiary/aromatic N) is 3. The van der Waals surface area contributed by atoms with Gasteiger partial charge in [0.25, 0.3) is 5.91 Å². The van der Waals surface area contributed by atoms with Gasteiger partial charge in [0.2, 0.25) is 5.88 Å². The molecule has 0 spiro atoms. The quantitative estimate of drug-likeness (QED) is 0.485. The summed E-state index contributed by atoms with van der Waals surface area (Å²) in [4.78, 5) is 12.7. The molecule has 1 N–H and O–H groups in total. The smallest absolute Gasteiger partial charge is 0.477 e. The van der Waals surface area contributed by atoms with E-state index in [0.717, 1.165) is 18.6 Å². The number of ether oxygens (including phenoxy) is 2. The molecule has 1 amide bonds. The van der Waals surface area contributed by atoms with Crippen LogP contribution in [0.15, 0.2) is 42.5 Å². The van der Waals surface area contributed by atoms with Crippen LogP contribution in [0.25, 0.3) is 10.9 Å². The van der Waals surface area contributed by atoms with Crippen LogP contribution in [0.3, 0.4) is 0 Å². The summed E-state index contributed by atoms with van der Waals surface area (Å²) in [6, 6.07) is 11.6. The van der Waals surface area contributed by atoms with Gasteiger partial charge in [-0.15, -0.1) is 13.2 Å². The maximum atomic E-state index is 12.7. The van der Waals surface area contributed by atoms with E-state index < -0.39 is 23.6 Å². The van der Waals surface area contributed by atoms with Gasteiger partial charge in [-0.05, 0) is 55.8 Å².